The number of aromatic nitrogens is 1. The summed E-state index contributed by atoms with van der Waals surface area (Å²) >= 11 is 0. The van der Waals surface area contributed by atoms with Crippen molar-refractivity contribution >= 4 is 28.7 Å². The molecule has 1 fully saturated rings. The molecule has 0 radical (unpaired) electrons. The molecular weight excluding hydrogens is 404 g/mol. The molecule has 2 aliphatic rings. The van der Waals surface area contributed by atoms with Gasteiger partial charge in [-0.15, -0.1) is 0 Å². The van der Waals surface area contributed by atoms with Crippen molar-refractivity contribution in [2.75, 3.05) is 13.1 Å². The summed E-state index contributed by atoms with van der Waals surface area (Å²) in [5.74, 6) is -0.751. The van der Waals surface area contributed by atoms with Crippen LogP contribution >= 0.6 is 0 Å². The maximum absolute atomic E-state index is 13.1. The largest absolute Gasteiger partial charge is 0.361 e. The lowest BCUT2D eigenvalue weighted by Gasteiger charge is -2.23. The first-order chi connectivity index (χ1) is 15.5. The number of nitrogens with one attached hydrogen (secondary N) is 3. The Morgan fingerprint density at radius 2 is 1.94 bits per heavy atom. The summed E-state index contributed by atoms with van der Waals surface area (Å²) in [4.78, 5) is 42.4. The number of para-hydroxylation sites is 1. The first-order valence-electron chi connectivity index (χ1n) is 11.0. The van der Waals surface area contributed by atoms with Crippen molar-refractivity contribution < 1.29 is 14.4 Å². The number of urea groups is 1. The normalized spacial score (nSPS) is 20.0. The number of rotatable bonds is 6. The highest BCUT2D eigenvalue weighted by Crippen LogP contribution is 2.32. The Bertz CT molecular complexity index is 1230. The first kappa shape index (κ1) is 20.3. The van der Waals surface area contributed by atoms with E-state index in [0.717, 1.165) is 46.2 Å². The molecule has 0 bridgehead atoms. The number of benzene rings is 2. The summed E-state index contributed by atoms with van der Waals surface area (Å²) in [7, 11) is 0. The number of imide groups is 1. The van der Waals surface area contributed by atoms with Crippen molar-refractivity contribution in [2.45, 2.75) is 38.1 Å². The summed E-state index contributed by atoms with van der Waals surface area (Å²) in [5, 5.41) is 6.75. The zero-order chi connectivity index (χ0) is 22.3. The summed E-state index contributed by atoms with van der Waals surface area (Å²) in [5.41, 5.74) is 4.32. The molecule has 2 aromatic carbocycles. The minimum absolute atomic E-state index is 0.293. The Balaban J connectivity index is 1.22. The lowest BCUT2D eigenvalue weighted by molar-refractivity contribution is -0.134. The molecule has 7 heteroatoms. The quantitative estimate of drug-likeness (QED) is 0.525. The number of amides is 4. The molecule has 3 N–H and O–H groups in total. The van der Waals surface area contributed by atoms with Gasteiger partial charge in [-0.2, -0.15) is 0 Å². The number of fused-ring (bicyclic) bond motifs is 2. The van der Waals surface area contributed by atoms with E-state index in [1.807, 2.05) is 48.7 Å². The van der Waals surface area contributed by atoms with Gasteiger partial charge in [0, 0.05) is 23.6 Å². The van der Waals surface area contributed by atoms with Gasteiger partial charge in [0.05, 0.1) is 0 Å². The van der Waals surface area contributed by atoms with E-state index < -0.39 is 17.5 Å². The zero-order valence-electron chi connectivity index (χ0n) is 18.0. The number of hydrogen-bond acceptors (Lipinski definition) is 3. The lowest BCUT2D eigenvalue weighted by atomic mass is 9.89. The van der Waals surface area contributed by atoms with Gasteiger partial charge in [0.25, 0.3) is 5.91 Å². The van der Waals surface area contributed by atoms with Gasteiger partial charge >= 0.3 is 6.03 Å². The van der Waals surface area contributed by atoms with Gasteiger partial charge in [-0.25, -0.2) is 4.79 Å². The van der Waals surface area contributed by atoms with Crippen LogP contribution in [0.1, 0.15) is 35.6 Å². The predicted molar refractivity (Wildman–Crippen MR) is 121 cm³/mol. The molecule has 0 spiro atoms. The monoisotopic (exact) mass is 430 g/mol. The van der Waals surface area contributed by atoms with Crippen molar-refractivity contribution in [3.05, 3.63) is 70.9 Å². The molecule has 1 aromatic heterocycles. The number of aryl methyl sites for hydroxylation is 2. The Kier molecular flexibility index (Phi) is 4.96. The van der Waals surface area contributed by atoms with Crippen molar-refractivity contribution in [3.8, 4) is 0 Å². The van der Waals surface area contributed by atoms with Gasteiger partial charge in [-0.05, 0) is 60.9 Å². The first-order valence-corrected chi connectivity index (χ1v) is 11.0. The highest BCUT2D eigenvalue weighted by molar-refractivity contribution is 6.09. The van der Waals surface area contributed by atoms with Crippen LogP contribution in [0.25, 0.3) is 10.9 Å². The highest BCUT2D eigenvalue weighted by Gasteiger charge is 2.49. The van der Waals surface area contributed by atoms with Gasteiger partial charge in [-0.3, -0.25) is 14.5 Å². The summed E-state index contributed by atoms with van der Waals surface area (Å²) < 4.78 is 0. The lowest BCUT2D eigenvalue weighted by Crippen LogP contribution is -2.43. The molecule has 1 aliphatic heterocycles. The molecule has 164 valence electrons. The smallest absolute Gasteiger partial charge is 0.325 e. The molecule has 5 rings (SSSR count). The Morgan fingerprint density at radius 1 is 1.12 bits per heavy atom. The molecule has 0 unspecified atom stereocenters. The summed E-state index contributed by atoms with van der Waals surface area (Å²) in [6, 6.07) is 13.4. The highest BCUT2D eigenvalue weighted by atomic mass is 16.2. The zero-order valence-corrected chi connectivity index (χ0v) is 18.0. The van der Waals surface area contributed by atoms with E-state index in [2.05, 4.69) is 15.6 Å². The average molecular weight is 431 g/mol. The molecular formula is C25H26N4O3. The molecule has 1 atom stereocenters. The van der Waals surface area contributed by atoms with E-state index in [1.54, 1.807) is 6.92 Å². The van der Waals surface area contributed by atoms with Crippen LogP contribution in [0.5, 0.6) is 0 Å². The van der Waals surface area contributed by atoms with E-state index >= 15 is 0 Å². The second-order valence-corrected chi connectivity index (χ2v) is 8.74. The van der Waals surface area contributed by atoms with Gasteiger partial charge in [0.15, 0.2) is 0 Å². The van der Waals surface area contributed by atoms with E-state index in [1.165, 1.54) is 11.1 Å². The molecule has 4 amide bonds. The van der Waals surface area contributed by atoms with Gasteiger partial charge in [0.1, 0.15) is 12.1 Å². The van der Waals surface area contributed by atoms with Crippen LogP contribution in [0.4, 0.5) is 4.79 Å². The van der Waals surface area contributed by atoms with Crippen molar-refractivity contribution in [2.24, 2.45) is 0 Å². The molecule has 0 saturated carbocycles. The average Bonchev–Trinajstić information content (AvgIpc) is 3.48. The number of hydrogen-bond donors (Lipinski definition) is 3. The van der Waals surface area contributed by atoms with Gasteiger partial charge in [0.2, 0.25) is 5.91 Å². The molecule has 1 aliphatic carbocycles. The second kappa shape index (κ2) is 7.82. The van der Waals surface area contributed by atoms with Crippen LogP contribution in [0.15, 0.2) is 48.7 Å². The fourth-order valence-corrected chi connectivity index (χ4v) is 4.79. The van der Waals surface area contributed by atoms with Crippen LogP contribution in [0.3, 0.4) is 0 Å². The molecule has 1 saturated heterocycles. The third-order valence-electron chi connectivity index (χ3n) is 6.64. The summed E-state index contributed by atoms with van der Waals surface area (Å²) in [6.07, 6.45) is 5.75. The Labute approximate surface area is 186 Å². The van der Waals surface area contributed by atoms with Crippen LogP contribution in [-0.4, -0.2) is 40.8 Å². The van der Waals surface area contributed by atoms with E-state index in [-0.39, 0.29) is 12.5 Å². The predicted octanol–water partition coefficient (Wildman–Crippen LogP) is 2.78. The molecule has 3 aromatic rings. The maximum Gasteiger partial charge on any atom is 0.325 e. The fourth-order valence-electron chi connectivity index (χ4n) is 4.79. The number of H-pyrrole nitrogens is 1. The minimum Gasteiger partial charge on any atom is -0.361 e. The van der Waals surface area contributed by atoms with Crippen molar-refractivity contribution in [1.82, 2.24) is 20.5 Å². The van der Waals surface area contributed by atoms with E-state index in [9.17, 15) is 14.4 Å². The minimum atomic E-state index is -1.15. The molecule has 2 heterocycles. The molecule has 7 nitrogen and oxygen atoms in total. The van der Waals surface area contributed by atoms with Gasteiger partial charge in [-0.1, -0.05) is 36.4 Å². The number of carbonyl (C=O) groups is 3. The number of nitrogens with zero attached hydrogens (tertiary/aromatic N) is 1. The Morgan fingerprint density at radius 3 is 2.81 bits per heavy atom. The van der Waals surface area contributed by atoms with Gasteiger partial charge < -0.3 is 15.6 Å². The SMILES string of the molecule is C[C@@]1(c2ccc3c(c2)CCC3)NC(=O)N(CC(=O)NCCc2c[nH]c3ccccc23)C1=O. The van der Waals surface area contributed by atoms with E-state index in [0.29, 0.717) is 13.0 Å². The standard InChI is InChI=1S/C25H26N4O3/c1-25(19-10-9-16-5-4-6-17(16)13-19)23(31)29(24(32)28-25)15-22(30)26-12-11-18-14-27-21-8-3-2-7-20(18)21/h2-3,7-10,13-14,27H,4-6,11-12,15H2,1H3,(H,26,30)(H,28,32)/t25-/m0/s1. The Hall–Kier alpha value is -3.61. The maximum atomic E-state index is 13.1. The topological polar surface area (TPSA) is 94.3 Å². The van der Waals surface area contributed by atoms with Crippen molar-refractivity contribution in [1.29, 1.82) is 0 Å². The van der Waals surface area contributed by atoms with Crippen LogP contribution in [0.2, 0.25) is 0 Å². The third kappa shape index (κ3) is 3.43. The number of carbonyl (C=O) groups excluding carboxylic acids is 3. The molecule has 32 heavy (non-hydrogen) atoms. The van der Waals surface area contributed by atoms with Crippen LogP contribution in [-0.2, 0) is 34.4 Å². The van der Waals surface area contributed by atoms with E-state index in [4.69, 9.17) is 0 Å². The second-order valence-electron chi connectivity index (χ2n) is 8.74. The van der Waals surface area contributed by atoms with Crippen molar-refractivity contribution in [3.63, 3.8) is 0 Å². The third-order valence-corrected chi connectivity index (χ3v) is 6.64. The summed E-state index contributed by atoms with van der Waals surface area (Å²) in [6.45, 7) is 1.84. The van der Waals surface area contributed by atoms with Crippen LogP contribution < -0.4 is 10.6 Å². The fraction of sp³-hybridized carbons (Fsp3) is 0.320. The van der Waals surface area contributed by atoms with Crippen LogP contribution in [0, 0.1) is 0 Å². The number of aromatic amines is 1.